The highest BCUT2D eigenvalue weighted by molar-refractivity contribution is 7.09. The Morgan fingerprint density at radius 2 is 2.08 bits per heavy atom. The number of alkyl halides is 3. The van der Waals surface area contributed by atoms with Crippen LogP contribution in [0.4, 0.5) is 13.2 Å². The van der Waals surface area contributed by atoms with E-state index in [1.165, 1.54) is 6.07 Å². The molecule has 25 heavy (non-hydrogen) atoms. The van der Waals surface area contributed by atoms with Gasteiger partial charge in [-0.3, -0.25) is 9.88 Å². The largest absolute Gasteiger partial charge is 0.493 e. The molecule has 1 fully saturated rings. The average Bonchev–Trinajstić information content (AvgIpc) is 2.99. The molecule has 1 saturated heterocycles. The van der Waals surface area contributed by atoms with Gasteiger partial charge in [-0.05, 0) is 44.8 Å². The molecule has 0 N–H and O–H groups in total. The Morgan fingerprint density at radius 1 is 1.32 bits per heavy atom. The second kappa shape index (κ2) is 7.70. The van der Waals surface area contributed by atoms with Gasteiger partial charge in [0.2, 0.25) is 0 Å². The summed E-state index contributed by atoms with van der Waals surface area (Å²) in [6.45, 7) is 5.20. The van der Waals surface area contributed by atoms with E-state index in [-0.39, 0.29) is 5.75 Å². The fraction of sp³-hybridized carbons (Fsp3) is 0.529. The van der Waals surface area contributed by atoms with E-state index < -0.39 is 11.9 Å². The number of aromatic nitrogens is 2. The summed E-state index contributed by atoms with van der Waals surface area (Å²) in [6.07, 6.45) is -1.37. The lowest BCUT2D eigenvalue weighted by Gasteiger charge is -2.31. The first-order valence-corrected chi connectivity index (χ1v) is 9.07. The Bertz CT molecular complexity index is 696. The van der Waals surface area contributed by atoms with E-state index >= 15 is 0 Å². The first-order valence-electron chi connectivity index (χ1n) is 8.19. The molecule has 0 aliphatic carbocycles. The van der Waals surface area contributed by atoms with Crippen molar-refractivity contribution in [2.24, 2.45) is 5.92 Å². The second-order valence-corrected chi connectivity index (χ2v) is 7.33. The van der Waals surface area contributed by atoms with Crippen molar-refractivity contribution < 1.29 is 17.9 Å². The Morgan fingerprint density at radius 3 is 2.72 bits per heavy atom. The Kier molecular flexibility index (Phi) is 5.58. The number of thiazole rings is 1. The maximum Gasteiger partial charge on any atom is 0.433 e. The van der Waals surface area contributed by atoms with Crippen molar-refractivity contribution in [2.45, 2.75) is 32.5 Å². The third-order valence-electron chi connectivity index (χ3n) is 4.27. The van der Waals surface area contributed by atoms with E-state index in [1.807, 2.05) is 6.92 Å². The number of hydrogen-bond donors (Lipinski definition) is 0. The minimum Gasteiger partial charge on any atom is -0.493 e. The van der Waals surface area contributed by atoms with Crippen molar-refractivity contribution in [1.82, 2.24) is 14.9 Å². The van der Waals surface area contributed by atoms with Crippen LogP contribution in [0.3, 0.4) is 0 Å². The van der Waals surface area contributed by atoms with Crippen LogP contribution in [0.5, 0.6) is 5.75 Å². The highest BCUT2D eigenvalue weighted by Crippen LogP contribution is 2.30. The van der Waals surface area contributed by atoms with Gasteiger partial charge in [0.15, 0.2) is 0 Å². The van der Waals surface area contributed by atoms with E-state index in [9.17, 15) is 13.2 Å². The average molecular weight is 371 g/mol. The van der Waals surface area contributed by atoms with Crippen LogP contribution in [0.1, 0.15) is 29.2 Å². The number of ether oxygens (including phenoxy) is 1. The molecule has 0 radical (unpaired) electrons. The van der Waals surface area contributed by atoms with Gasteiger partial charge in [-0.1, -0.05) is 0 Å². The van der Waals surface area contributed by atoms with Crippen LogP contribution in [0.15, 0.2) is 23.7 Å². The molecule has 0 unspecified atom stereocenters. The molecule has 2 aromatic heterocycles. The summed E-state index contributed by atoms with van der Waals surface area (Å²) in [5.41, 5.74) is 0.187. The van der Waals surface area contributed by atoms with Crippen LogP contribution >= 0.6 is 11.3 Å². The fourth-order valence-electron chi connectivity index (χ4n) is 2.89. The van der Waals surface area contributed by atoms with E-state index in [0.29, 0.717) is 12.5 Å². The maximum atomic E-state index is 12.7. The summed E-state index contributed by atoms with van der Waals surface area (Å²) in [6, 6.07) is 2.43. The molecular weight excluding hydrogens is 351 g/mol. The van der Waals surface area contributed by atoms with Crippen molar-refractivity contribution >= 4 is 11.3 Å². The SMILES string of the molecule is Cc1nc(CN2CCC(COc3ccnc(C(F)(F)F)c3)CC2)cs1. The number of aryl methyl sites for hydroxylation is 1. The number of piperidine rings is 1. The lowest BCUT2D eigenvalue weighted by Crippen LogP contribution is -2.35. The molecule has 0 spiro atoms. The summed E-state index contributed by atoms with van der Waals surface area (Å²) in [4.78, 5) is 10.2. The lowest BCUT2D eigenvalue weighted by molar-refractivity contribution is -0.141. The molecule has 4 nitrogen and oxygen atoms in total. The Hall–Kier alpha value is -1.67. The Labute approximate surface area is 148 Å². The number of nitrogens with zero attached hydrogens (tertiary/aromatic N) is 3. The standard InChI is InChI=1S/C17H20F3N3OS/c1-12-22-14(11-25-12)9-23-6-3-13(4-7-23)10-24-15-2-5-21-16(8-15)17(18,19)20/h2,5,8,11,13H,3-4,6-7,9-10H2,1H3. The number of pyridine rings is 1. The molecule has 3 heterocycles. The Balaban J connectivity index is 1.45. The van der Waals surface area contributed by atoms with Crippen molar-refractivity contribution in [3.63, 3.8) is 0 Å². The molecule has 3 rings (SSSR count). The lowest BCUT2D eigenvalue weighted by atomic mass is 9.98. The van der Waals surface area contributed by atoms with Crippen LogP contribution in [-0.2, 0) is 12.7 Å². The second-order valence-electron chi connectivity index (χ2n) is 6.26. The first-order chi connectivity index (χ1) is 11.9. The maximum absolute atomic E-state index is 12.7. The minimum absolute atomic E-state index is 0.225. The van der Waals surface area contributed by atoms with Crippen molar-refractivity contribution in [2.75, 3.05) is 19.7 Å². The van der Waals surface area contributed by atoms with Crippen LogP contribution in [0.25, 0.3) is 0 Å². The van der Waals surface area contributed by atoms with Crippen LogP contribution in [0.2, 0.25) is 0 Å². The molecule has 1 aliphatic rings. The molecule has 0 saturated carbocycles. The van der Waals surface area contributed by atoms with Gasteiger partial charge >= 0.3 is 6.18 Å². The molecule has 1 aliphatic heterocycles. The summed E-state index contributed by atoms with van der Waals surface area (Å²) in [7, 11) is 0. The van der Waals surface area contributed by atoms with Crippen molar-refractivity contribution in [3.8, 4) is 5.75 Å². The molecule has 0 bridgehead atoms. The molecule has 0 amide bonds. The smallest absolute Gasteiger partial charge is 0.433 e. The van der Waals surface area contributed by atoms with Gasteiger partial charge < -0.3 is 4.74 Å². The van der Waals surface area contributed by atoms with E-state index in [1.54, 1.807) is 11.3 Å². The summed E-state index contributed by atoms with van der Waals surface area (Å²) >= 11 is 1.66. The number of hydrogen-bond acceptors (Lipinski definition) is 5. The minimum atomic E-state index is -4.45. The number of rotatable bonds is 5. The normalized spacial score (nSPS) is 17.0. The van der Waals surface area contributed by atoms with Gasteiger partial charge in [-0.25, -0.2) is 4.98 Å². The molecule has 2 aromatic rings. The number of likely N-dealkylation sites (tertiary alicyclic amines) is 1. The van der Waals surface area contributed by atoms with E-state index in [4.69, 9.17) is 4.74 Å². The fourth-order valence-corrected chi connectivity index (χ4v) is 3.50. The zero-order chi connectivity index (χ0) is 17.9. The molecule has 136 valence electrons. The third-order valence-corrected chi connectivity index (χ3v) is 5.09. The summed E-state index contributed by atoms with van der Waals surface area (Å²) < 4.78 is 43.5. The predicted octanol–water partition coefficient (Wildman–Crippen LogP) is 4.16. The van der Waals surface area contributed by atoms with Gasteiger partial charge in [-0.15, -0.1) is 11.3 Å². The monoisotopic (exact) mass is 371 g/mol. The van der Waals surface area contributed by atoms with Crippen molar-refractivity contribution in [3.05, 3.63) is 40.1 Å². The van der Waals surface area contributed by atoms with E-state index in [0.717, 1.165) is 55.4 Å². The van der Waals surface area contributed by atoms with Crippen LogP contribution < -0.4 is 4.74 Å². The van der Waals surface area contributed by atoms with Gasteiger partial charge in [0.05, 0.1) is 17.3 Å². The topological polar surface area (TPSA) is 38.2 Å². The highest BCUT2D eigenvalue weighted by atomic mass is 32.1. The first kappa shape index (κ1) is 18.1. The summed E-state index contributed by atoms with van der Waals surface area (Å²) in [5.74, 6) is 0.582. The molecular formula is C17H20F3N3OS. The van der Waals surface area contributed by atoms with Gasteiger partial charge in [0, 0.05) is 24.2 Å². The molecule has 0 aromatic carbocycles. The van der Waals surface area contributed by atoms with Crippen LogP contribution in [0, 0.1) is 12.8 Å². The van der Waals surface area contributed by atoms with Gasteiger partial charge in [0.25, 0.3) is 0 Å². The predicted molar refractivity (Wildman–Crippen MR) is 89.6 cm³/mol. The molecule has 0 atom stereocenters. The van der Waals surface area contributed by atoms with Gasteiger partial charge in [0.1, 0.15) is 11.4 Å². The zero-order valence-electron chi connectivity index (χ0n) is 13.9. The third kappa shape index (κ3) is 5.15. The van der Waals surface area contributed by atoms with Crippen molar-refractivity contribution in [1.29, 1.82) is 0 Å². The quantitative estimate of drug-likeness (QED) is 0.791. The number of halogens is 3. The van der Waals surface area contributed by atoms with E-state index in [2.05, 4.69) is 20.2 Å². The summed E-state index contributed by atoms with van der Waals surface area (Å²) in [5, 5.41) is 3.17. The van der Waals surface area contributed by atoms with Crippen LogP contribution in [-0.4, -0.2) is 34.6 Å². The highest BCUT2D eigenvalue weighted by Gasteiger charge is 2.32. The zero-order valence-corrected chi connectivity index (χ0v) is 14.7. The molecule has 8 heteroatoms. The van der Waals surface area contributed by atoms with Gasteiger partial charge in [-0.2, -0.15) is 13.2 Å².